The number of aromatic nitrogens is 1. The number of aliphatic imine (C=N–C) groups is 1. The lowest BCUT2D eigenvalue weighted by Gasteiger charge is -2.08. The standard InChI is InChI=1S/C13H22N4S.HI/c1-5-8-15-13(14-6-2)16-9-7-12-10(3)17-11(4)18-12;/h5H,1,6-9H2,2-4H3,(H2,14,15,16);1H. The van der Waals surface area contributed by atoms with Crippen molar-refractivity contribution < 1.29 is 0 Å². The molecular weight excluding hydrogens is 371 g/mol. The van der Waals surface area contributed by atoms with Crippen molar-refractivity contribution in [1.29, 1.82) is 0 Å². The third kappa shape index (κ3) is 6.91. The zero-order valence-corrected chi connectivity index (χ0v) is 15.0. The van der Waals surface area contributed by atoms with Gasteiger partial charge >= 0.3 is 0 Å². The maximum absolute atomic E-state index is 4.52. The molecule has 108 valence electrons. The number of hydrogen-bond donors (Lipinski definition) is 2. The molecule has 0 aliphatic rings. The minimum atomic E-state index is 0. The van der Waals surface area contributed by atoms with E-state index in [9.17, 15) is 0 Å². The molecule has 1 heterocycles. The highest BCUT2D eigenvalue weighted by atomic mass is 127. The second-order valence-corrected chi connectivity index (χ2v) is 5.21. The summed E-state index contributed by atoms with van der Waals surface area (Å²) in [5, 5.41) is 7.52. The summed E-state index contributed by atoms with van der Waals surface area (Å²) in [6.45, 7) is 12.2. The first-order valence-corrected chi connectivity index (χ1v) is 7.05. The Labute approximate surface area is 136 Å². The van der Waals surface area contributed by atoms with Crippen LogP contribution in [0.25, 0.3) is 0 Å². The van der Waals surface area contributed by atoms with Gasteiger partial charge in [-0.15, -0.1) is 41.9 Å². The van der Waals surface area contributed by atoms with Crippen molar-refractivity contribution in [2.45, 2.75) is 27.2 Å². The van der Waals surface area contributed by atoms with Gasteiger partial charge in [-0.05, 0) is 20.8 Å². The largest absolute Gasteiger partial charge is 0.357 e. The van der Waals surface area contributed by atoms with Crippen molar-refractivity contribution in [2.75, 3.05) is 19.6 Å². The van der Waals surface area contributed by atoms with Gasteiger partial charge in [0.2, 0.25) is 0 Å². The van der Waals surface area contributed by atoms with Crippen molar-refractivity contribution in [1.82, 2.24) is 15.6 Å². The lowest BCUT2D eigenvalue weighted by atomic mass is 10.3. The highest BCUT2D eigenvalue weighted by Gasteiger charge is 2.04. The summed E-state index contributed by atoms with van der Waals surface area (Å²) in [5.74, 6) is 0.844. The van der Waals surface area contributed by atoms with Gasteiger partial charge in [-0.3, -0.25) is 4.99 Å². The first-order chi connectivity index (χ1) is 8.67. The molecule has 0 spiro atoms. The molecular formula is C13H23IN4S. The Balaban J connectivity index is 0.00000324. The Morgan fingerprint density at radius 1 is 1.42 bits per heavy atom. The second-order valence-electron chi connectivity index (χ2n) is 3.92. The maximum Gasteiger partial charge on any atom is 0.191 e. The van der Waals surface area contributed by atoms with Crippen LogP contribution in [0.1, 0.15) is 22.5 Å². The number of rotatable bonds is 6. The van der Waals surface area contributed by atoms with Gasteiger partial charge in [-0.1, -0.05) is 6.08 Å². The van der Waals surface area contributed by atoms with Crippen LogP contribution in [0, 0.1) is 13.8 Å². The minimum Gasteiger partial charge on any atom is -0.357 e. The number of hydrogen-bond acceptors (Lipinski definition) is 3. The number of aryl methyl sites for hydroxylation is 2. The molecule has 2 N–H and O–H groups in total. The number of thiazole rings is 1. The van der Waals surface area contributed by atoms with Gasteiger partial charge in [-0.2, -0.15) is 0 Å². The first-order valence-electron chi connectivity index (χ1n) is 6.23. The summed E-state index contributed by atoms with van der Waals surface area (Å²) in [4.78, 5) is 10.3. The predicted molar refractivity (Wildman–Crippen MR) is 94.9 cm³/mol. The van der Waals surface area contributed by atoms with E-state index < -0.39 is 0 Å². The molecule has 0 radical (unpaired) electrons. The molecule has 0 atom stereocenters. The van der Waals surface area contributed by atoms with Crippen LogP contribution in [0.2, 0.25) is 0 Å². The summed E-state index contributed by atoms with van der Waals surface area (Å²) in [5.41, 5.74) is 1.14. The Morgan fingerprint density at radius 2 is 2.16 bits per heavy atom. The van der Waals surface area contributed by atoms with Crippen LogP contribution in [0.5, 0.6) is 0 Å². The highest BCUT2D eigenvalue weighted by Crippen LogP contribution is 2.17. The molecule has 0 saturated carbocycles. The molecule has 0 bridgehead atoms. The third-order valence-electron chi connectivity index (χ3n) is 2.37. The van der Waals surface area contributed by atoms with Crippen molar-refractivity contribution in [3.63, 3.8) is 0 Å². The number of halogens is 1. The molecule has 0 aliphatic heterocycles. The van der Waals surface area contributed by atoms with Crippen LogP contribution in [-0.4, -0.2) is 30.6 Å². The molecule has 6 heteroatoms. The van der Waals surface area contributed by atoms with Crippen LogP contribution < -0.4 is 10.6 Å². The molecule has 19 heavy (non-hydrogen) atoms. The van der Waals surface area contributed by atoms with Gasteiger partial charge < -0.3 is 10.6 Å². The quantitative estimate of drug-likeness (QED) is 0.338. The number of nitrogens with zero attached hydrogens (tertiary/aromatic N) is 2. The molecule has 0 amide bonds. The van der Waals surface area contributed by atoms with Crippen LogP contribution >= 0.6 is 35.3 Å². The Hall–Kier alpha value is -0.630. The molecule has 0 aromatic carbocycles. The van der Waals surface area contributed by atoms with E-state index in [2.05, 4.69) is 41.0 Å². The maximum atomic E-state index is 4.52. The van der Waals surface area contributed by atoms with Gasteiger partial charge in [0.05, 0.1) is 10.7 Å². The average Bonchev–Trinajstić information content (AvgIpc) is 2.65. The number of guanidine groups is 1. The first kappa shape index (κ1) is 18.4. The van der Waals surface area contributed by atoms with E-state index >= 15 is 0 Å². The van der Waals surface area contributed by atoms with E-state index in [1.54, 1.807) is 11.3 Å². The van der Waals surface area contributed by atoms with E-state index in [0.717, 1.165) is 42.7 Å². The van der Waals surface area contributed by atoms with Crippen LogP contribution in [0.15, 0.2) is 17.6 Å². The third-order valence-corrected chi connectivity index (χ3v) is 3.50. The van der Waals surface area contributed by atoms with Gasteiger partial charge in [0.1, 0.15) is 0 Å². The molecule has 1 aromatic rings. The molecule has 0 fully saturated rings. The Kier molecular flexibility index (Phi) is 9.85. The van der Waals surface area contributed by atoms with Crippen molar-refractivity contribution in [3.8, 4) is 0 Å². The minimum absolute atomic E-state index is 0. The van der Waals surface area contributed by atoms with Crippen LogP contribution in [-0.2, 0) is 6.42 Å². The van der Waals surface area contributed by atoms with Crippen LogP contribution in [0.4, 0.5) is 0 Å². The normalized spacial score (nSPS) is 10.8. The SMILES string of the molecule is C=CCNC(=NCCc1sc(C)nc1C)NCC.I. The molecule has 1 rings (SSSR count). The topological polar surface area (TPSA) is 49.3 Å². The fourth-order valence-corrected chi connectivity index (χ4v) is 2.51. The lowest BCUT2D eigenvalue weighted by Crippen LogP contribution is -2.37. The Bertz CT molecular complexity index is 415. The van der Waals surface area contributed by atoms with Gasteiger partial charge in [0.15, 0.2) is 5.96 Å². The molecule has 0 aliphatic carbocycles. The lowest BCUT2D eigenvalue weighted by molar-refractivity contribution is 0.852. The zero-order valence-electron chi connectivity index (χ0n) is 11.8. The summed E-state index contributed by atoms with van der Waals surface area (Å²) in [6, 6.07) is 0. The zero-order chi connectivity index (χ0) is 13.4. The van der Waals surface area contributed by atoms with Crippen molar-refractivity contribution >= 4 is 41.3 Å². The number of nitrogens with one attached hydrogen (secondary N) is 2. The molecule has 4 nitrogen and oxygen atoms in total. The monoisotopic (exact) mass is 394 g/mol. The summed E-state index contributed by atoms with van der Waals surface area (Å²) in [6.07, 6.45) is 2.77. The van der Waals surface area contributed by atoms with E-state index in [-0.39, 0.29) is 24.0 Å². The molecule has 0 saturated heterocycles. The van der Waals surface area contributed by atoms with E-state index in [0.29, 0.717) is 0 Å². The molecule has 0 unspecified atom stereocenters. The van der Waals surface area contributed by atoms with E-state index in [1.807, 2.05) is 13.0 Å². The predicted octanol–water partition coefficient (Wildman–Crippen LogP) is 2.66. The summed E-state index contributed by atoms with van der Waals surface area (Å²) in [7, 11) is 0. The van der Waals surface area contributed by atoms with Gasteiger partial charge in [-0.25, -0.2) is 4.98 Å². The van der Waals surface area contributed by atoms with E-state index in [1.165, 1.54) is 4.88 Å². The van der Waals surface area contributed by atoms with Crippen molar-refractivity contribution in [2.24, 2.45) is 4.99 Å². The fraction of sp³-hybridized carbons (Fsp3) is 0.538. The van der Waals surface area contributed by atoms with Crippen LogP contribution in [0.3, 0.4) is 0 Å². The second kappa shape index (κ2) is 10.2. The summed E-state index contributed by atoms with van der Waals surface area (Å²) >= 11 is 1.76. The van der Waals surface area contributed by atoms with Crippen molar-refractivity contribution in [3.05, 3.63) is 28.2 Å². The summed E-state index contributed by atoms with van der Waals surface area (Å²) < 4.78 is 0. The molecule has 1 aromatic heterocycles. The van der Waals surface area contributed by atoms with Gasteiger partial charge in [0.25, 0.3) is 0 Å². The fourth-order valence-electron chi connectivity index (χ4n) is 1.59. The van der Waals surface area contributed by atoms with E-state index in [4.69, 9.17) is 0 Å². The Morgan fingerprint density at radius 3 is 2.68 bits per heavy atom. The average molecular weight is 394 g/mol. The van der Waals surface area contributed by atoms with Gasteiger partial charge in [0, 0.05) is 30.9 Å². The highest BCUT2D eigenvalue weighted by molar-refractivity contribution is 14.0. The smallest absolute Gasteiger partial charge is 0.191 e.